The Morgan fingerprint density at radius 3 is 2.82 bits per heavy atom. The van der Waals surface area contributed by atoms with Crippen LogP contribution in [0, 0.1) is 5.92 Å². The first kappa shape index (κ1) is 11.9. The maximum atomic E-state index is 11.8. The number of hydrogen-bond acceptors (Lipinski definition) is 3. The van der Waals surface area contributed by atoms with Gasteiger partial charge in [-0.05, 0) is 12.1 Å². The van der Waals surface area contributed by atoms with Crippen molar-refractivity contribution in [1.29, 1.82) is 0 Å². The van der Waals surface area contributed by atoms with Crippen LogP contribution in [0.2, 0.25) is 5.15 Å². The highest BCUT2D eigenvalue weighted by Gasteiger charge is 2.34. The SMILES string of the molecule is CC(=O)N1CC(C(=O)Nc2cccnc2Cl)C1. The topological polar surface area (TPSA) is 62.3 Å². The molecule has 5 nitrogen and oxygen atoms in total. The number of carbonyl (C=O) groups excluding carboxylic acids is 2. The highest BCUT2D eigenvalue weighted by Crippen LogP contribution is 2.21. The Balaban J connectivity index is 1.91. The number of anilines is 1. The molecule has 2 heterocycles. The second-order valence-corrected chi connectivity index (χ2v) is 4.31. The molecule has 0 saturated carbocycles. The minimum absolute atomic E-state index is 0.00606. The average molecular weight is 254 g/mol. The molecule has 17 heavy (non-hydrogen) atoms. The van der Waals surface area contributed by atoms with E-state index >= 15 is 0 Å². The predicted molar refractivity (Wildman–Crippen MR) is 63.6 cm³/mol. The number of nitrogens with one attached hydrogen (secondary N) is 1. The number of hydrogen-bond donors (Lipinski definition) is 1. The molecule has 1 aromatic rings. The van der Waals surface area contributed by atoms with Crippen LogP contribution >= 0.6 is 11.6 Å². The third kappa shape index (κ3) is 2.55. The van der Waals surface area contributed by atoms with Gasteiger partial charge in [-0.15, -0.1) is 0 Å². The van der Waals surface area contributed by atoms with Crippen LogP contribution in [-0.2, 0) is 9.59 Å². The third-order valence-electron chi connectivity index (χ3n) is 2.71. The van der Waals surface area contributed by atoms with Crippen LogP contribution in [-0.4, -0.2) is 34.8 Å². The Morgan fingerprint density at radius 2 is 2.24 bits per heavy atom. The fourth-order valence-corrected chi connectivity index (χ4v) is 1.78. The largest absolute Gasteiger partial charge is 0.341 e. The number of carbonyl (C=O) groups is 2. The molecular weight excluding hydrogens is 242 g/mol. The molecule has 1 aliphatic heterocycles. The molecule has 0 unspecified atom stereocenters. The zero-order chi connectivity index (χ0) is 12.4. The van der Waals surface area contributed by atoms with Crippen molar-refractivity contribution in [3.63, 3.8) is 0 Å². The minimum atomic E-state index is -0.157. The second-order valence-electron chi connectivity index (χ2n) is 3.95. The monoisotopic (exact) mass is 253 g/mol. The number of nitrogens with zero attached hydrogens (tertiary/aromatic N) is 2. The Kier molecular flexibility index (Phi) is 3.28. The summed E-state index contributed by atoms with van der Waals surface area (Å²) in [5.74, 6) is -0.291. The summed E-state index contributed by atoms with van der Waals surface area (Å²) in [5.41, 5.74) is 0.500. The Morgan fingerprint density at radius 1 is 1.53 bits per heavy atom. The van der Waals surface area contributed by atoms with E-state index in [1.54, 1.807) is 23.2 Å². The smallest absolute Gasteiger partial charge is 0.231 e. The van der Waals surface area contributed by atoms with E-state index in [1.165, 1.54) is 6.92 Å². The van der Waals surface area contributed by atoms with Gasteiger partial charge in [-0.25, -0.2) is 4.98 Å². The van der Waals surface area contributed by atoms with Crippen LogP contribution < -0.4 is 5.32 Å². The van der Waals surface area contributed by atoms with Gasteiger partial charge in [0.25, 0.3) is 0 Å². The lowest BCUT2D eigenvalue weighted by atomic mass is 9.99. The van der Waals surface area contributed by atoms with Gasteiger partial charge in [0, 0.05) is 26.2 Å². The van der Waals surface area contributed by atoms with Crippen LogP contribution in [0.1, 0.15) is 6.92 Å². The fraction of sp³-hybridized carbons (Fsp3) is 0.364. The summed E-state index contributed by atoms with van der Waals surface area (Å²) in [7, 11) is 0. The molecule has 1 saturated heterocycles. The van der Waals surface area contributed by atoms with E-state index in [2.05, 4.69) is 10.3 Å². The van der Waals surface area contributed by atoms with Gasteiger partial charge < -0.3 is 10.2 Å². The minimum Gasteiger partial charge on any atom is -0.341 e. The first-order chi connectivity index (χ1) is 8.08. The number of amides is 2. The summed E-state index contributed by atoms with van der Waals surface area (Å²) >= 11 is 5.82. The van der Waals surface area contributed by atoms with E-state index in [9.17, 15) is 9.59 Å². The average Bonchev–Trinajstić information content (AvgIpc) is 2.18. The molecule has 0 aliphatic carbocycles. The lowest BCUT2D eigenvalue weighted by molar-refractivity contribution is -0.139. The Bertz CT molecular complexity index is 458. The van der Waals surface area contributed by atoms with Gasteiger partial charge in [0.05, 0.1) is 11.6 Å². The van der Waals surface area contributed by atoms with Crippen LogP contribution in [0.5, 0.6) is 0 Å². The molecule has 0 spiro atoms. The van der Waals surface area contributed by atoms with Gasteiger partial charge in [0.1, 0.15) is 0 Å². The molecule has 1 aromatic heterocycles. The van der Waals surface area contributed by atoms with Crippen LogP contribution in [0.4, 0.5) is 5.69 Å². The molecule has 0 bridgehead atoms. The van der Waals surface area contributed by atoms with E-state index in [1.807, 2.05) is 0 Å². The van der Waals surface area contributed by atoms with Crippen molar-refractivity contribution < 1.29 is 9.59 Å². The maximum Gasteiger partial charge on any atom is 0.231 e. The third-order valence-corrected chi connectivity index (χ3v) is 3.02. The van der Waals surface area contributed by atoms with Crippen molar-refractivity contribution in [2.45, 2.75) is 6.92 Å². The van der Waals surface area contributed by atoms with E-state index in [-0.39, 0.29) is 22.9 Å². The van der Waals surface area contributed by atoms with Gasteiger partial charge in [-0.2, -0.15) is 0 Å². The predicted octanol–water partition coefficient (Wildman–Crippen LogP) is 1.15. The summed E-state index contributed by atoms with van der Waals surface area (Å²) in [5, 5.41) is 2.97. The number of aromatic nitrogens is 1. The molecule has 2 amide bonds. The van der Waals surface area contributed by atoms with E-state index in [0.29, 0.717) is 18.8 Å². The molecule has 0 atom stereocenters. The zero-order valence-corrected chi connectivity index (χ0v) is 10.1. The standard InChI is InChI=1S/C11H12ClN3O2/c1-7(16)15-5-8(6-15)11(17)14-9-3-2-4-13-10(9)12/h2-4,8H,5-6H2,1H3,(H,14,17). The highest BCUT2D eigenvalue weighted by atomic mass is 35.5. The Labute approximate surface area is 104 Å². The normalized spacial score (nSPS) is 15.3. The first-order valence-electron chi connectivity index (χ1n) is 5.25. The number of rotatable bonds is 2. The van der Waals surface area contributed by atoms with Crippen LogP contribution in [0.3, 0.4) is 0 Å². The van der Waals surface area contributed by atoms with Crippen molar-refractivity contribution in [2.75, 3.05) is 18.4 Å². The number of pyridine rings is 1. The summed E-state index contributed by atoms with van der Waals surface area (Å²) in [6.07, 6.45) is 1.55. The Hall–Kier alpha value is -1.62. The summed E-state index contributed by atoms with van der Waals surface area (Å²) in [6, 6.07) is 3.39. The second kappa shape index (κ2) is 4.71. The molecule has 2 rings (SSSR count). The summed E-state index contributed by atoms with van der Waals surface area (Å²) in [4.78, 5) is 28.2. The van der Waals surface area contributed by atoms with Crippen molar-refractivity contribution in [3.8, 4) is 0 Å². The molecule has 6 heteroatoms. The first-order valence-corrected chi connectivity index (χ1v) is 5.62. The number of halogens is 1. The quantitative estimate of drug-likeness (QED) is 0.805. The highest BCUT2D eigenvalue weighted by molar-refractivity contribution is 6.32. The van der Waals surface area contributed by atoms with Crippen molar-refractivity contribution in [3.05, 3.63) is 23.5 Å². The van der Waals surface area contributed by atoms with Gasteiger partial charge in [0.15, 0.2) is 5.15 Å². The molecule has 1 N–H and O–H groups in total. The molecule has 90 valence electrons. The lowest BCUT2D eigenvalue weighted by Gasteiger charge is -2.37. The fourth-order valence-electron chi connectivity index (χ4n) is 1.62. The van der Waals surface area contributed by atoms with E-state index < -0.39 is 0 Å². The molecule has 0 aromatic carbocycles. The zero-order valence-electron chi connectivity index (χ0n) is 9.31. The van der Waals surface area contributed by atoms with Gasteiger partial charge in [-0.3, -0.25) is 9.59 Å². The van der Waals surface area contributed by atoms with Gasteiger partial charge in [-0.1, -0.05) is 11.6 Å². The molecule has 0 radical (unpaired) electrons. The molecule has 1 aliphatic rings. The molecule has 1 fully saturated rings. The summed E-state index contributed by atoms with van der Waals surface area (Å²) < 4.78 is 0. The van der Waals surface area contributed by atoms with Crippen molar-refractivity contribution >= 4 is 29.1 Å². The van der Waals surface area contributed by atoms with Crippen molar-refractivity contribution in [1.82, 2.24) is 9.88 Å². The molecular formula is C11H12ClN3O2. The van der Waals surface area contributed by atoms with Crippen LogP contribution in [0.15, 0.2) is 18.3 Å². The van der Waals surface area contributed by atoms with E-state index in [4.69, 9.17) is 11.6 Å². The van der Waals surface area contributed by atoms with Crippen molar-refractivity contribution in [2.24, 2.45) is 5.92 Å². The van der Waals surface area contributed by atoms with E-state index in [0.717, 1.165) is 0 Å². The lowest BCUT2D eigenvalue weighted by Crippen LogP contribution is -2.53. The van der Waals surface area contributed by atoms with Gasteiger partial charge in [0.2, 0.25) is 11.8 Å². The van der Waals surface area contributed by atoms with Gasteiger partial charge >= 0.3 is 0 Å². The number of likely N-dealkylation sites (tertiary alicyclic amines) is 1. The maximum absolute atomic E-state index is 11.8. The summed E-state index contributed by atoms with van der Waals surface area (Å²) in [6.45, 7) is 2.43. The van der Waals surface area contributed by atoms with Crippen LogP contribution in [0.25, 0.3) is 0 Å².